The van der Waals surface area contributed by atoms with Crippen molar-refractivity contribution in [3.63, 3.8) is 0 Å². The molecule has 0 saturated carbocycles. The third-order valence-electron chi connectivity index (χ3n) is 12.2. The number of nitriles is 2. The Kier molecular flexibility index (Phi) is 10.4. The fourth-order valence-corrected chi connectivity index (χ4v) is 9.08. The van der Waals surface area contributed by atoms with Gasteiger partial charge in [0, 0.05) is 44.0 Å². The summed E-state index contributed by atoms with van der Waals surface area (Å²) in [6.07, 6.45) is -20.4. The van der Waals surface area contributed by atoms with Crippen LogP contribution in [0.4, 0.5) is 52.7 Å². The number of rotatable bonds is 5. The lowest BCUT2D eigenvalue weighted by Crippen LogP contribution is -2.11. The third-order valence-corrected chi connectivity index (χ3v) is 12.2. The van der Waals surface area contributed by atoms with Crippen LogP contribution < -0.4 is 0 Å². The Bertz CT molecular complexity index is 3550. The Balaban J connectivity index is 1.17. The van der Waals surface area contributed by atoms with Gasteiger partial charge in [-0.05, 0) is 119 Å². The van der Waals surface area contributed by atoms with Crippen LogP contribution in [0.3, 0.4) is 0 Å². The van der Waals surface area contributed by atoms with Crippen LogP contribution in [0.2, 0.25) is 0 Å². The number of hydrogen-bond acceptors (Lipinski definition) is 2. The van der Waals surface area contributed by atoms with Gasteiger partial charge in [-0.15, -0.1) is 0 Å². The van der Waals surface area contributed by atoms with E-state index in [-0.39, 0.29) is 56.6 Å². The van der Waals surface area contributed by atoms with Gasteiger partial charge >= 0.3 is 24.7 Å². The molecule has 0 spiro atoms. The van der Waals surface area contributed by atoms with E-state index >= 15 is 0 Å². The van der Waals surface area contributed by atoms with Gasteiger partial charge in [0.15, 0.2) is 0 Å². The molecular formula is C54H26F12N4. The number of fused-ring (bicyclic) bond motifs is 6. The van der Waals surface area contributed by atoms with Crippen molar-refractivity contribution in [1.82, 2.24) is 9.13 Å². The fourth-order valence-electron chi connectivity index (χ4n) is 9.08. The molecule has 8 aromatic carbocycles. The van der Waals surface area contributed by atoms with E-state index < -0.39 is 47.0 Å². The van der Waals surface area contributed by atoms with E-state index in [4.69, 9.17) is 0 Å². The van der Waals surface area contributed by atoms with Gasteiger partial charge in [0.25, 0.3) is 0 Å². The average molecular weight is 959 g/mol. The van der Waals surface area contributed by atoms with Crippen LogP contribution in [0, 0.1) is 22.7 Å². The van der Waals surface area contributed by atoms with E-state index in [0.717, 1.165) is 0 Å². The second-order valence-electron chi connectivity index (χ2n) is 16.4. The first kappa shape index (κ1) is 45.3. The minimum absolute atomic E-state index is 0.0460. The topological polar surface area (TPSA) is 57.4 Å². The van der Waals surface area contributed by atoms with Gasteiger partial charge in [-0.1, -0.05) is 60.7 Å². The smallest absolute Gasteiger partial charge is 0.309 e. The van der Waals surface area contributed by atoms with Gasteiger partial charge in [0.1, 0.15) is 0 Å². The van der Waals surface area contributed by atoms with Crippen molar-refractivity contribution in [3.8, 4) is 56.9 Å². The minimum Gasteiger partial charge on any atom is -0.309 e. The molecule has 16 heteroatoms. The maximum Gasteiger partial charge on any atom is 0.416 e. The zero-order chi connectivity index (χ0) is 49.7. The van der Waals surface area contributed by atoms with Crippen LogP contribution in [0.25, 0.3) is 88.4 Å². The Morgan fingerprint density at radius 1 is 0.314 bits per heavy atom. The van der Waals surface area contributed by atoms with E-state index in [0.29, 0.717) is 79.3 Å². The number of alkyl halides is 12. The lowest BCUT2D eigenvalue weighted by Gasteiger charge is -2.16. The average Bonchev–Trinajstić information content (AvgIpc) is 3.84. The number of aromatic nitrogens is 2. The standard InChI is InChI=1S/C54H26F12N4/c55-51(56,57)35-17-33(18-36(23-35)52(58,59)60)29-11-15-43-41-5-1-3-7-47(41)69(49(43)21-29)39-13-9-31(27-67)45(25-39)46-26-40(14-10-32(46)28-68)70-48-8-4-2-6-42(48)44-16-12-30(22-50(44)70)34-19-37(53(61,62)63)24-38(20-34)54(64,65)66/h1-26H. The largest absolute Gasteiger partial charge is 0.416 e. The summed E-state index contributed by atoms with van der Waals surface area (Å²) in [7, 11) is 0. The van der Waals surface area contributed by atoms with E-state index in [2.05, 4.69) is 12.1 Å². The number of benzene rings is 8. The molecule has 0 N–H and O–H groups in total. The van der Waals surface area contributed by atoms with Gasteiger partial charge in [-0.2, -0.15) is 63.2 Å². The first-order valence-corrected chi connectivity index (χ1v) is 20.9. The maximum atomic E-state index is 14.0. The summed E-state index contributed by atoms with van der Waals surface area (Å²) in [6, 6.07) is 39.6. The van der Waals surface area contributed by atoms with Crippen molar-refractivity contribution in [2.45, 2.75) is 24.7 Å². The van der Waals surface area contributed by atoms with E-state index in [1.807, 2.05) is 0 Å². The molecule has 10 aromatic rings. The monoisotopic (exact) mass is 958 g/mol. The Morgan fingerprint density at radius 2 is 0.643 bits per heavy atom. The number of hydrogen-bond donors (Lipinski definition) is 0. The van der Waals surface area contributed by atoms with Crippen LogP contribution in [0.1, 0.15) is 33.4 Å². The molecule has 0 saturated heterocycles. The van der Waals surface area contributed by atoms with E-state index in [9.17, 15) is 63.2 Å². The van der Waals surface area contributed by atoms with Crippen molar-refractivity contribution < 1.29 is 52.7 Å². The predicted molar refractivity (Wildman–Crippen MR) is 241 cm³/mol. The van der Waals surface area contributed by atoms with Gasteiger partial charge in [-0.3, -0.25) is 0 Å². The summed E-state index contributed by atoms with van der Waals surface area (Å²) in [5.74, 6) is 0. The Hall–Kier alpha value is -8.50. The van der Waals surface area contributed by atoms with Crippen molar-refractivity contribution in [2.75, 3.05) is 0 Å². The molecule has 0 aliphatic carbocycles. The summed E-state index contributed by atoms with van der Waals surface area (Å²) in [5, 5.41) is 23.5. The summed E-state index contributed by atoms with van der Waals surface area (Å²) < 4.78 is 171. The van der Waals surface area contributed by atoms with Gasteiger partial charge in [-0.25, -0.2) is 0 Å². The normalized spacial score (nSPS) is 12.5. The Labute approximate surface area is 387 Å². The Morgan fingerprint density at radius 3 is 0.971 bits per heavy atom. The molecular weight excluding hydrogens is 933 g/mol. The fraction of sp³-hybridized carbons (Fsp3) is 0.0741. The molecule has 0 fully saturated rings. The molecule has 346 valence electrons. The lowest BCUT2D eigenvalue weighted by atomic mass is 9.94. The van der Waals surface area contributed by atoms with Crippen molar-refractivity contribution in [2.24, 2.45) is 0 Å². The first-order chi connectivity index (χ1) is 33.1. The predicted octanol–water partition coefficient (Wildman–Crippen LogP) is 16.7. The molecule has 0 bridgehead atoms. The van der Waals surface area contributed by atoms with E-state index in [1.165, 1.54) is 36.4 Å². The maximum absolute atomic E-state index is 14.0. The van der Waals surface area contributed by atoms with Crippen LogP contribution in [-0.4, -0.2) is 9.13 Å². The minimum atomic E-state index is -5.09. The number of halogens is 12. The quantitative estimate of drug-likeness (QED) is 0.161. The van der Waals surface area contributed by atoms with Gasteiger partial charge < -0.3 is 9.13 Å². The number of para-hydroxylation sites is 2. The highest BCUT2D eigenvalue weighted by atomic mass is 19.4. The molecule has 0 unspecified atom stereocenters. The van der Waals surface area contributed by atoms with Crippen molar-refractivity contribution in [3.05, 3.63) is 191 Å². The zero-order valence-corrected chi connectivity index (χ0v) is 35.3. The second-order valence-corrected chi connectivity index (χ2v) is 16.4. The highest BCUT2D eigenvalue weighted by Crippen LogP contribution is 2.44. The van der Waals surface area contributed by atoms with Crippen LogP contribution in [0.5, 0.6) is 0 Å². The molecule has 0 amide bonds. The molecule has 2 aromatic heterocycles. The zero-order valence-electron chi connectivity index (χ0n) is 35.3. The lowest BCUT2D eigenvalue weighted by molar-refractivity contribution is -0.144. The van der Waals surface area contributed by atoms with Crippen LogP contribution in [0.15, 0.2) is 158 Å². The molecule has 0 aliphatic rings. The van der Waals surface area contributed by atoms with E-state index in [1.54, 1.807) is 94.1 Å². The molecule has 70 heavy (non-hydrogen) atoms. The molecule has 4 nitrogen and oxygen atoms in total. The molecule has 0 atom stereocenters. The molecule has 0 aliphatic heterocycles. The third kappa shape index (κ3) is 7.81. The highest BCUT2D eigenvalue weighted by molar-refractivity contribution is 6.11. The summed E-state index contributed by atoms with van der Waals surface area (Å²) in [6.45, 7) is 0. The molecule has 2 heterocycles. The van der Waals surface area contributed by atoms with Gasteiger partial charge in [0.05, 0.1) is 67.6 Å². The number of nitrogens with zero attached hydrogens (tertiary/aromatic N) is 4. The molecule has 10 rings (SSSR count). The summed E-state index contributed by atoms with van der Waals surface area (Å²) >= 11 is 0. The van der Waals surface area contributed by atoms with Crippen molar-refractivity contribution in [1.29, 1.82) is 10.5 Å². The van der Waals surface area contributed by atoms with Crippen LogP contribution in [-0.2, 0) is 24.7 Å². The summed E-state index contributed by atoms with van der Waals surface area (Å²) in [5.41, 5.74) is -3.07. The molecule has 0 radical (unpaired) electrons. The van der Waals surface area contributed by atoms with Gasteiger partial charge in [0.2, 0.25) is 0 Å². The first-order valence-electron chi connectivity index (χ1n) is 20.9. The summed E-state index contributed by atoms with van der Waals surface area (Å²) in [4.78, 5) is 0. The van der Waals surface area contributed by atoms with Crippen LogP contribution >= 0.6 is 0 Å². The highest BCUT2D eigenvalue weighted by Gasteiger charge is 2.38. The SMILES string of the molecule is N#Cc1ccc(-n2c3ccccc3c3ccc(-c4cc(C(F)(F)F)cc(C(F)(F)F)c4)cc32)cc1-c1cc(-n2c3ccccc3c3ccc(-c4cc(C(F)(F)F)cc(C(F)(F)F)c4)cc32)ccc1C#N. The van der Waals surface area contributed by atoms with Crippen molar-refractivity contribution >= 4 is 43.6 Å². The second kappa shape index (κ2) is 16.1.